The molecule has 0 saturated carbocycles. The number of benzene rings is 1. The van der Waals surface area contributed by atoms with Crippen molar-refractivity contribution in [3.05, 3.63) is 65.0 Å². The summed E-state index contributed by atoms with van der Waals surface area (Å²) in [4.78, 5) is 14.5. The maximum absolute atomic E-state index is 14.1. The van der Waals surface area contributed by atoms with Crippen molar-refractivity contribution in [3.8, 4) is 0 Å². The number of alkyl halides is 1. The van der Waals surface area contributed by atoms with Crippen LogP contribution in [0.15, 0.2) is 36.5 Å². The first-order valence-corrected chi connectivity index (χ1v) is 5.34. The first-order chi connectivity index (χ1) is 9.00. The zero-order chi connectivity index (χ0) is 14.0. The predicted molar refractivity (Wildman–Crippen MR) is 62.1 cm³/mol. The first-order valence-electron chi connectivity index (χ1n) is 5.34. The number of pyridine rings is 1. The summed E-state index contributed by atoms with van der Waals surface area (Å²) in [6, 6.07) is 5.71. The zero-order valence-corrected chi connectivity index (χ0v) is 9.61. The molecule has 0 aliphatic rings. The number of carbonyl (C=O) groups is 1. The van der Waals surface area contributed by atoms with Crippen LogP contribution in [0.2, 0.25) is 0 Å². The van der Waals surface area contributed by atoms with Gasteiger partial charge in [0.2, 0.25) is 5.91 Å². The maximum Gasteiger partial charge on any atom is 0.250 e. The second kappa shape index (κ2) is 5.09. The molecule has 1 aromatic carbocycles. The van der Waals surface area contributed by atoms with E-state index in [0.717, 1.165) is 18.3 Å². The molecule has 2 aromatic rings. The van der Waals surface area contributed by atoms with Gasteiger partial charge >= 0.3 is 0 Å². The van der Waals surface area contributed by atoms with Gasteiger partial charge in [0.25, 0.3) is 0 Å². The van der Waals surface area contributed by atoms with E-state index in [1.165, 1.54) is 18.2 Å². The van der Waals surface area contributed by atoms with Gasteiger partial charge in [0.05, 0.1) is 11.3 Å². The second-order valence-corrected chi connectivity index (χ2v) is 3.84. The van der Waals surface area contributed by atoms with Gasteiger partial charge in [-0.15, -0.1) is 0 Å². The van der Waals surface area contributed by atoms with Crippen molar-refractivity contribution in [1.29, 1.82) is 0 Å². The molecule has 1 heterocycles. The van der Waals surface area contributed by atoms with Crippen molar-refractivity contribution >= 4 is 5.91 Å². The van der Waals surface area contributed by atoms with E-state index >= 15 is 0 Å². The van der Waals surface area contributed by atoms with Crippen molar-refractivity contribution in [2.24, 2.45) is 5.73 Å². The van der Waals surface area contributed by atoms with E-state index in [-0.39, 0.29) is 11.3 Å². The molecule has 0 aliphatic heterocycles. The number of halogens is 3. The number of rotatable bonds is 3. The van der Waals surface area contributed by atoms with Gasteiger partial charge in [0.15, 0.2) is 17.8 Å². The summed E-state index contributed by atoms with van der Waals surface area (Å²) in [5.41, 5.74) is 4.54. The standard InChI is InChI=1S/C13H9F3N2O/c14-9-3-1-2-8(11(9)15)12(16)10-5-4-7(6-18-10)13(17)19/h1-6,12H,(H2,17,19). The van der Waals surface area contributed by atoms with E-state index in [1.807, 2.05) is 0 Å². The Labute approximate surface area is 106 Å². The van der Waals surface area contributed by atoms with Gasteiger partial charge in [-0.2, -0.15) is 0 Å². The third-order valence-corrected chi connectivity index (χ3v) is 2.59. The molecule has 0 fully saturated rings. The number of amides is 1. The van der Waals surface area contributed by atoms with Crippen molar-refractivity contribution in [1.82, 2.24) is 4.98 Å². The minimum absolute atomic E-state index is 0.107. The van der Waals surface area contributed by atoms with Gasteiger partial charge < -0.3 is 5.73 Å². The van der Waals surface area contributed by atoms with Crippen LogP contribution in [0.4, 0.5) is 13.2 Å². The number of hydrogen-bond donors (Lipinski definition) is 1. The summed E-state index contributed by atoms with van der Waals surface area (Å²) in [6.45, 7) is 0. The largest absolute Gasteiger partial charge is 0.366 e. The van der Waals surface area contributed by atoms with Crippen LogP contribution in [0.3, 0.4) is 0 Å². The number of carbonyl (C=O) groups excluding carboxylic acids is 1. The van der Waals surface area contributed by atoms with E-state index in [0.29, 0.717) is 0 Å². The fraction of sp³-hybridized carbons (Fsp3) is 0.0769. The number of nitrogens with two attached hydrogens (primary N) is 1. The van der Waals surface area contributed by atoms with Crippen molar-refractivity contribution in [2.45, 2.75) is 6.17 Å². The molecule has 0 aliphatic carbocycles. The Bertz CT molecular complexity index is 614. The van der Waals surface area contributed by atoms with E-state index in [1.54, 1.807) is 0 Å². The molecule has 1 unspecified atom stereocenters. The lowest BCUT2D eigenvalue weighted by atomic mass is 10.1. The van der Waals surface area contributed by atoms with Crippen LogP contribution in [-0.4, -0.2) is 10.9 Å². The van der Waals surface area contributed by atoms with Crippen LogP contribution < -0.4 is 5.73 Å². The molecule has 0 radical (unpaired) electrons. The van der Waals surface area contributed by atoms with E-state index in [9.17, 15) is 18.0 Å². The molecule has 19 heavy (non-hydrogen) atoms. The van der Waals surface area contributed by atoms with Crippen molar-refractivity contribution in [3.63, 3.8) is 0 Å². The summed E-state index contributed by atoms with van der Waals surface area (Å²) in [7, 11) is 0. The molecule has 0 saturated heterocycles. The van der Waals surface area contributed by atoms with Crippen LogP contribution in [0, 0.1) is 11.6 Å². The average molecular weight is 266 g/mol. The lowest BCUT2D eigenvalue weighted by Crippen LogP contribution is -2.12. The lowest BCUT2D eigenvalue weighted by molar-refractivity contribution is 0.1000. The third kappa shape index (κ3) is 2.57. The van der Waals surface area contributed by atoms with Gasteiger partial charge in [-0.1, -0.05) is 12.1 Å². The average Bonchev–Trinajstić information content (AvgIpc) is 2.41. The Balaban J connectivity index is 2.36. The fourth-order valence-electron chi connectivity index (χ4n) is 1.58. The van der Waals surface area contributed by atoms with Crippen LogP contribution >= 0.6 is 0 Å². The van der Waals surface area contributed by atoms with Crippen LogP contribution in [0.1, 0.15) is 27.8 Å². The molecule has 98 valence electrons. The summed E-state index contributed by atoms with van der Waals surface area (Å²) in [5.74, 6) is -3.09. The Kier molecular flexibility index (Phi) is 3.50. The Morgan fingerprint density at radius 3 is 2.53 bits per heavy atom. The van der Waals surface area contributed by atoms with Gasteiger partial charge in [-0.05, 0) is 18.2 Å². The topological polar surface area (TPSA) is 56.0 Å². The smallest absolute Gasteiger partial charge is 0.250 e. The molecular weight excluding hydrogens is 257 g/mol. The highest BCUT2D eigenvalue weighted by Crippen LogP contribution is 2.27. The SMILES string of the molecule is NC(=O)c1ccc(C(F)c2cccc(F)c2F)nc1. The lowest BCUT2D eigenvalue weighted by Gasteiger charge is -2.09. The molecule has 2 rings (SSSR count). The summed E-state index contributed by atoms with van der Waals surface area (Å²) in [6.07, 6.45) is -0.834. The minimum atomic E-state index is -1.92. The van der Waals surface area contributed by atoms with E-state index in [4.69, 9.17) is 5.73 Å². The quantitative estimate of drug-likeness (QED) is 0.928. The summed E-state index contributed by atoms with van der Waals surface area (Å²) in [5, 5.41) is 0. The molecule has 6 heteroatoms. The minimum Gasteiger partial charge on any atom is -0.366 e. The first kappa shape index (κ1) is 13.1. The Morgan fingerprint density at radius 1 is 1.21 bits per heavy atom. The van der Waals surface area contributed by atoms with Crippen molar-refractivity contribution < 1.29 is 18.0 Å². The molecule has 0 spiro atoms. The normalized spacial score (nSPS) is 12.2. The molecule has 1 atom stereocenters. The number of aromatic nitrogens is 1. The third-order valence-electron chi connectivity index (χ3n) is 2.59. The van der Waals surface area contributed by atoms with Gasteiger partial charge in [-0.25, -0.2) is 13.2 Å². The molecule has 0 bridgehead atoms. The van der Waals surface area contributed by atoms with Gasteiger partial charge in [0, 0.05) is 11.8 Å². The highest BCUT2D eigenvalue weighted by Gasteiger charge is 2.20. The summed E-state index contributed by atoms with van der Waals surface area (Å²) < 4.78 is 40.5. The molecule has 2 N–H and O–H groups in total. The van der Waals surface area contributed by atoms with Gasteiger partial charge in [0.1, 0.15) is 0 Å². The van der Waals surface area contributed by atoms with E-state index < -0.39 is 29.3 Å². The Hall–Kier alpha value is -2.37. The van der Waals surface area contributed by atoms with Crippen LogP contribution in [-0.2, 0) is 0 Å². The zero-order valence-electron chi connectivity index (χ0n) is 9.61. The molecule has 3 nitrogen and oxygen atoms in total. The second-order valence-electron chi connectivity index (χ2n) is 3.84. The van der Waals surface area contributed by atoms with Crippen LogP contribution in [0.5, 0.6) is 0 Å². The molecular formula is C13H9F3N2O. The highest BCUT2D eigenvalue weighted by atomic mass is 19.2. The Morgan fingerprint density at radius 2 is 1.95 bits per heavy atom. The fourth-order valence-corrected chi connectivity index (χ4v) is 1.58. The number of hydrogen-bond acceptors (Lipinski definition) is 2. The predicted octanol–water partition coefficient (Wildman–Crippen LogP) is 2.52. The summed E-state index contributed by atoms with van der Waals surface area (Å²) >= 11 is 0. The maximum atomic E-state index is 14.1. The van der Waals surface area contributed by atoms with Gasteiger partial charge in [-0.3, -0.25) is 9.78 Å². The monoisotopic (exact) mass is 266 g/mol. The van der Waals surface area contributed by atoms with Crippen LogP contribution in [0.25, 0.3) is 0 Å². The highest BCUT2D eigenvalue weighted by molar-refractivity contribution is 5.92. The molecule has 1 amide bonds. The number of primary amides is 1. The number of nitrogens with zero attached hydrogens (tertiary/aromatic N) is 1. The van der Waals surface area contributed by atoms with Crippen molar-refractivity contribution in [2.75, 3.05) is 0 Å². The molecule has 1 aromatic heterocycles. The van der Waals surface area contributed by atoms with E-state index in [2.05, 4.69) is 4.98 Å².